The molecule has 170 valence electrons. The van der Waals surface area contributed by atoms with Gasteiger partial charge in [-0.25, -0.2) is 0 Å². The highest BCUT2D eigenvalue weighted by atomic mass is 16.5. The van der Waals surface area contributed by atoms with Crippen molar-refractivity contribution in [1.29, 1.82) is 0 Å². The summed E-state index contributed by atoms with van der Waals surface area (Å²) < 4.78 is 10.7. The number of anilines is 2. The van der Waals surface area contributed by atoms with Crippen LogP contribution in [-0.4, -0.2) is 74.0 Å². The summed E-state index contributed by atoms with van der Waals surface area (Å²) in [6.45, 7) is 3.72. The fraction of sp³-hybridized carbons (Fsp3) is 0.435. The maximum absolute atomic E-state index is 12.8. The van der Waals surface area contributed by atoms with Gasteiger partial charge in [-0.1, -0.05) is 0 Å². The van der Waals surface area contributed by atoms with E-state index in [-0.39, 0.29) is 30.7 Å². The van der Waals surface area contributed by atoms with Gasteiger partial charge in [0.05, 0.1) is 38.5 Å². The second-order valence-corrected chi connectivity index (χ2v) is 8.14. The molecule has 0 saturated carbocycles. The van der Waals surface area contributed by atoms with Crippen molar-refractivity contribution in [3.05, 3.63) is 48.4 Å². The molecule has 2 aliphatic rings. The van der Waals surface area contributed by atoms with E-state index in [0.717, 1.165) is 18.8 Å². The van der Waals surface area contributed by atoms with Gasteiger partial charge in [0, 0.05) is 44.5 Å². The Morgan fingerprint density at radius 2 is 1.91 bits per heavy atom. The first-order chi connectivity index (χ1) is 15.5. The van der Waals surface area contributed by atoms with E-state index in [0.29, 0.717) is 37.8 Å². The zero-order chi connectivity index (χ0) is 22.5. The molecule has 4 rings (SSSR count). The standard InChI is InChI=1S/C23H28N4O5/c1-25(23(30)17-13-22(29)27(14-17)15-20-3-2-10-32-20)16-21(28)24-18-4-6-19(7-5-18)26-8-11-31-12-9-26/h2-7,10,17H,8-9,11-16H2,1H3,(H,24,28). The van der Waals surface area contributed by atoms with Crippen molar-refractivity contribution in [2.24, 2.45) is 5.92 Å². The average Bonchev–Trinajstić information content (AvgIpc) is 3.44. The number of ether oxygens (including phenoxy) is 1. The van der Waals surface area contributed by atoms with Gasteiger partial charge >= 0.3 is 0 Å². The van der Waals surface area contributed by atoms with Gasteiger partial charge in [-0.15, -0.1) is 0 Å². The number of amides is 3. The first-order valence-electron chi connectivity index (χ1n) is 10.8. The van der Waals surface area contributed by atoms with E-state index in [9.17, 15) is 14.4 Å². The monoisotopic (exact) mass is 440 g/mol. The van der Waals surface area contributed by atoms with E-state index in [1.165, 1.54) is 4.90 Å². The number of likely N-dealkylation sites (N-methyl/N-ethyl adjacent to an activating group) is 1. The van der Waals surface area contributed by atoms with Crippen molar-refractivity contribution in [2.45, 2.75) is 13.0 Å². The summed E-state index contributed by atoms with van der Waals surface area (Å²) in [5, 5.41) is 2.83. The lowest BCUT2D eigenvalue weighted by Crippen LogP contribution is -2.39. The van der Waals surface area contributed by atoms with Gasteiger partial charge in [-0.3, -0.25) is 14.4 Å². The molecule has 9 heteroatoms. The highest BCUT2D eigenvalue weighted by molar-refractivity contribution is 5.96. The van der Waals surface area contributed by atoms with Crippen LogP contribution >= 0.6 is 0 Å². The molecule has 1 N–H and O–H groups in total. The number of benzene rings is 1. The Kier molecular flexibility index (Phi) is 6.75. The topological polar surface area (TPSA) is 95.3 Å². The van der Waals surface area contributed by atoms with E-state index in [1.54, 1.807) is 30.3 Å². The maximum atomic E-state index is 12.8. The lowest BCUT2D eigenvalue weighted by Gasteiger charge is -2.29. The minimum atomic E-state index is -0.455. The van der Waals surface area contributed by atoms with Gasteiger partial charge in [-0.05, 0) is 36.4 Å². The molecular weight excluding hydrogens is 412 g/mol. The molecule has 1 unspecified atom stereocenters. The van der Waals surface area contributed by atoms with Crippen LogP contribution < -0.4 is 10.2 Å². The number of carbonyl (C=O) groups is 3. The summed E-state index contributed by atoms with van der Waals surface area (Å²) in [6.07, 6.45) is 1.70. The fourth-order valence-corrected chi connectivity index (χ4v) is 4.06. The molecule has 3 heterocycles. The zero-order valence-corrected chi connectivity index (χ0v) is 18.2. The third kappa shape index (κ3) is 5.28. The highest BCUT2D eigenvalue weighted by Gasteiger charge is 2.36. The normalized spacial score (nSPS) is 18.7. The second kappa shape index (κ2) is 9.86. The number of carbonyl (C=O) groups excluding carboxylic acids is 3. The minimum Gasteiger partial charge on any atom is -0.467 e. The number of morpholine rings is 1. The first-order valence-corrected chi connectivity index (χ1v) is 10.8. The second-order valence-electron chi connectivity index (χ2n) is 8.14. The minimum absolute atomic E-state index is 0.0765. The number of likely N-dealkylation sites (tertiary alicyclic amines) is 1. The number of hydrogen-bond donors (Lipinski definition) is 1. The Morgan fingerprint density at radius 1 is 1.16 bits per heavy atom. The Balaban J connectivity index is 1.26. The van der Waals surface area contributed by atoms with Crippen LogP contribution in [0.5, 0.6) is 0 Å². The molecule has 3 amide bonds. The van der Waals surface area contributed by atoms with E-state index in [1.807, 2.05) is 24.3 Å². The summed E-state index contributed by atoms with van der Waals surface area (Å²) >= 11 is 0. The highest BCUT2D eigenvalue weighted by Crippen LogP contribution is 2.22. The van der Waals surface area contributed by atoms with Gasteiger partial charge < -0.3 is 29.2 Å². The Labute approximate surface area is 186 Å². The quantitative estimate of drug-likeness (QED) is 0.702. The van der Waals surface area contributed by atoms with Crippen molar-refractivity contribution >= 4 is 29.1 Å². The molecular formula is C23H28N4O5. The van der Waals surface area contributed by atoms with E-state index < -0.39 is 5.92 Å². The molecule has 2 saturated heterocycles. The van der Waals surface area contributed by atoms with Crippen molar-refractivity contribution < 1.29 is 23.5 Å². The van der Waals surface area contributed by atoms with Crippen LogP contribution in [0, 0.1) is 5.92 Å². The Hall–Kier alpha value is -3.33. The lowest BCUT2D eigenvalue weighted by atomic mass is 10.1. The first kappa shape index (κ1) is 21.9. The van der Waals surface area contributed by atoms with Crippen molar-refractivity contribution in [1.82, 2.24) is 9.80 Å². The van der Waals surface area contributed by atoms with Crippen LogP contribution in [-0.2, 0) is 25.7 Å². The molecule has 2 aliphatic heterocycles. The van der Waals surface area contributed by atoms with Crippen LogP contribution in [0.4, 0.5) is 11.4 Å². The molecule has 0 bridgehead atoms. The van der Waals surface area contributed by atoms with Crippen LogP contribution in [0.25, 0.3) is 0 Å². The summed E-state index contributed by atoms with van der Waals surface area (Å²) in [6, 6.07) is 11.2. The van der Waals surface area contributed by atoms with Gasteiger partial charge in [0.15, 0.2) is 0 Å². The molecule has 0 radical (unpaired) electrons. The van der Waals surface area contributed by atoms with Crippen LogP contribution in [0.3, 0.4) is 0 Å². The zero-order valence-electron chi connectivity index (χ0n) is 18.2. The molecule has 2 aromatic rings. The third-order valence-corrected chi connectivity index (χ3v) is 5.77. The van der Waals surface area contributed by atoms with Crippen LogP contribution in [0.2, 0.25) is 0 Å². The van der Waals surface area contributed by atoms with Gasteiger partial charge in [0.1, 0.15) is 5.76 Å². The number of nitrogens with one attached hydrogen (secondary N) is 1. The molecule has 0 spiro atoms. The Bertz CT molecular complexity index is 938. The summed E-state index contributed by atoms with van der Waals surface area (Å²) in [7, 11) is 1.59. The van der Waals surface area contributed by atoms with Gasteiger partial charge in [0.2, 0.25) is 17.7 Å². The third-order valence-electron chi connectivity index (χ3n) is 5.77. The Morgan fingerprint density at radius 3 is 2.59 bits per heavy atom. The average molecular weight is 441 g/mol. The van der Waals surface area contributed by atoms with Crippen LogP contribution in [0.15, 0.2) is 47.1 Å². The molecule has 0 aliphatic carbocycles. The predicted octanol–water partition coefficient (Wildman–Crippen LogP) is 1.56. The molecule has 2 fully saturated rings. The number of nitrogens with zero attached hydrogens (tertiary/aromatic N) is 3. The van der Waals surface area contributed by atoms with E-state index in [2.05, 4.69) is 10.2 Å². The van der Waals surface area contributed by atoms with E-state index >= 15 is 0 Å². The molecule has 1 atom stereocenters. The number of rotatable bonds is 7. The van der Waals surface area contributed by atoms with Crippen molar-refractivity contribution in [2.75, 3.05) is 56.7 Å². The maximum Gasteiger partial charge on any atom is 0.243 e. The lowest BCUT2D eigenvalue weighted by molar-refractivity contribution is -0.137. The molecule has 32 heavy (non-hydrogen) atoms. The predicted molar refractivity (Wildman–Crippen MR) is 118 cm³/mol. The van der Waals surface area contributed by atoms with Gasteiger partial charge in [0.25, 0.3) is 0 Å². The van der Waals surface area contributed by atoms with Crippen LogP contribution in [0.1, 0.15) is 12.2 Å². The smallest absolute Gasteiger partial charge is 0.243 e. The van der Waals surface area contributed by atoms with Crippen molar-refractivity contribution in [3.63, 3.8) is 0 Å². The summed E-state index contributed by atoms with van der Waals surface area (Å²) in [5.41, 5.74) is 1.76. The van der Waals surface area contributed by atoms with Crippen molar-refractivity contribution in [3.8, 4) is 0 Å². The van der Waals surface area contributed by atoms with Gasteiger partial charge in [-0.2, -0.15) is 0 Å². The van der Waals surface area contributed by atoms with E-state index in [4.69, 9.17) is 9.15 Å². The molecule has 1 aromatic heterocycles. The summed E-state index contributed by atoms with van der Waals surface area (Å²) in [5.74, 6) is -0.352. The molecule has 9 nitrogen and oxygen atoms in total. The number of furan rings is 1. The SMILES string of the molecule is CN(CC(=O)Nc1ccc(N2CCOCC2)cc1)C(=O)C1CC(=O)N(Cc2ccco2)C1. The number of hydrogen-bond acceptors (Lipinski definition) is 6. The largest absolute Gasteiger partial charge is 0.467 e. The molecule has 1 aromatic carbocycles. The fourth-order valence-electron chi connectivity index (χ4n) is 4.06. The summed E-state index contributed by atoms with van der Waals surface area (Å²) in [4.78, 5) is 42.7.